The summed E-state index contributed by atoms with van der Waals surface area (Å²) in [5.41, 5.74) is 1.27. The van der Waals surface area contributed by atoms with Crippen molar-refractivity contribution in [2.24, 2.45) is 0 Å². The van der Waals surface area contributed by atoms with Gasteiger partial charge in [-0.2, -0.15) is 0 Å². The third-order valence-electron chi connectivity index (χ3n) is 2.78. The highest BCUT2D eigenvalue weighted by molar-refractivity contribution is 5.95. The van der Waals surface area contributed by atoms with E-state index in [9.17, 15) is 4.79 Å². The molecule has 5 heteroatoms. The standard InChI is InChI=1S/C13H13NO4/c1-2-16-13(15)10-5-8-6-11-12(7-9(8)14-10)18-4-3-17-11/h5-7,14H,2-4H2,1H3. The fourth-order valence-electron chi connectivity index (χ4n) is 1.99. The van der Waals surface area contributed by atoms with Crippen molar-refractivity contribution in [2.75, 3.05) is 19.8 Å². The summed E-state index contributed by atoms with van der Waals surface area (Å²) in [5.74, 6) is 1.06. The van der Waals surface area contributed by atoms with Crippen LogP contribution in [0.15, 0.2) is 18.2 Å². The number of aromatic nitrogens is 1. The van der Waals surface area contributed by atoms with Crippen LogP contribution < -0.4 is 9.47 Å². The molecular weight excluding hydrogens is 234 g/mol. The Kier molecular flexibility index (Phi) is 2.59. The highest BCUT2D eigenvalue weighted by Crippen LogP contribution is 2.34. The molecule has 0 saturated heterocycles. The average Bonchev–Trinajstić information content (AvgIpc) is 2.79. The first-order chi connectivity index (χ1) is 8.78. The quantitative estimate of drug-likeness (QED) is 0.826. The Labute approximate surface area is 104 Å². The molecule has 1 aliphatic heterocycles. The zero-order valence-electron chi connectivity index (χ0n) is 9.99. The van der Waals surface area contributed by atoms with Crippen molar-refractivity contribution in [1.29, 1.82) is 0 Å². The van der Waals surface area contributed by atoms with Crippen molar-refractivity contribution in [3.8, 4) is 11.5 Å². The fraction of sp³-hybridized carbons (Fsp3) is 0.308. The molecule has 1 aliphatic rings. The summed E-state index contributed by atoms with van der Waals surface area (Å²) in [4.78, 5) is 14.6. The van der Waals surface area contributed by atoms with Gasteiger partial charge in [0, 0.05) is 11.5 Å². The van der Waals surface area contributed by atoms with E-state index in [4.69, 9.17) is 14.2 Å². The maximum Gasteiger partial charge on any atom is 0.354 e. The van der Waals surface area contributed by atoms with Gasteiger partial charge >= 0.3 is 5.97 Å². The lowest BCUT2D eigenvalue weighted by Crippen LogP contribution is -2.15. The van der Waals surface area contributed by atoms with E-state index in [1.165, 1.54) is 0 Å². The van der Waals surface area contributed by atoms with Gasteiger partial charge < -0.3 is 19.2 Å². The van der Waals surface area contributed by atoms with Gasteiger partial charge in [0.1, 0.15) is 18.9 Å². The van der Waals surface area contributed by atoms with Crippen LogP contribution in [0.5, 0.6) is 11.5 Å². The fourth-order valence-corrected chi connectivity index (χ4v) is 1.99. The van der Waals surface area contributed by atoms with E-state index in [1.807, 2.05) is 12.1 Å². The molecule has 0 amide bonds. The molecule has 94 valence electrons. The van der Waals surface area contributed by atoms with Gasteiger partial charge in [-0.25, -0.2) is 4.79 Å². The molecule has 3 rings (SSSR count). The summed E-state index contributed by atoms with van der Waals surface area (Å²) < 4.78 is 15.9. The molecule has 1 N–H and O–H groups in total. The molecule has 18 heavy (non-hydrogen) atoms. The summed E-state index contributed by atoms with van der Waals surface area (Å²) in [6, 6.07) is 5.46. The molecular formula is C13H13NO4. The van der Waals surface area contributed by atoms with Crippen LogP contribution in [0.4, 0.5) is 0 Å². The number of carbonyl (C=O) groups excluding carboxylic acids is 1. The van der Waals surface area contributed by atoms with Gasteiger partial charge in [0.2, 0.25) is 0 Å². The molecule has 1 aromatic carbocycles. The maximum atomic E-state index is 11.6. The van der Waals surface area contributed by atoms with E-state index in [0.29, 0.717) is 37.0 Å². The third-order valence-corrected chi connectivity index (χ3v) is 2.78. The number of benzene rings is 1. The van der Waals surface area contributed by atoms with Gasteiger partial charge in [-0.1, -0.05) is 0 Å². The molecule has 2 heterocycles. The smallest absolute Gasteiger partial charge is 0.354 e. The number of hydrogen-bond donors (Lipinski definition) is 1. The molecule has 1 aromatic heterocycles. The van der Waals surface area contributed by atoms with Crippen LogP contribution in [-0.4, -0.2) is 30.8 Å². The van der Waals surface area contributed by atoms with E-state index < -0.39 is 0 Å². The van der Waals surface area contributed by atoms with Crippen molar-refractivity contribution in [2.45, 2.75) is 6.92 Å². The molecule has 0 spiro atoms. The third kappa shape index (κ3) is 1.77. The van der Waals surface area contributed by atoms with Crippen molar-refractivity contribution in [3.63, 3.8) is 0 Å². The molecule has 0 aliphatic carbocycles. The molecule has 5 nitrogen and oxygen atoms in total. The summed E-state index contributed by atoms with van der Waals surface area (Å²) in [6.45, 7) is 3.23. The number of carbonyl (C=O) groups is 1. The Morgan fingerprint density at radius 3 is 2.72 bits per heavy atom. The van der Waals surface area contributed by atoms with Crippen molar-refractivity contribution in [1.82, 2.24) is 4.98 Å². The zero-order valence-corrected chi connectivity index (χ0v) is 9.99. The van der Waals surface area contributed by atoms with Gasteiger partial charge in [0.25, 0.3) is 0 Å². The second-order valence-corrected chi connectivity index (χ2v) is 3.99. The number of fused-ring (bicyclic) bond motifs is 2. The van der Waals surface area contributed by atoms with Crippen LogP contribution in [0.2, 0.25) is 0 Å². The van der Waals surface area contributed by atoms with Crippen LogP contribution in [0, 0.1) is 0 Å². The predicted octanol–water partition coefficient (Wildman–Crippen LogP) is 2.12. The first kappa shape index (κ1) is 11.0. The number of nitrogens with one attached hydrogen (secondary N) is 1. The number of hydrogen-bond acceptors (Lipinski definition) is 4. The van der Waals surface area contributed by atoms with Crippen LogP contribution in [-0.2, 0) is 4.74 Å². The van der Waals surface area contributed by atoms with Crippen molar-refractivity contribution >= 4 is 16.9 Å². The molecule has 2 aromatic rings. The van der Waals surface area contributed by atoms with Gasteiger partial charge in [0.05, 0.1) is 12.1 Å². The minimum Gasteiger partial charge on any atom is -0.486 e. The van der Waals surface area contributed by atoms with Crippen LogP contribution in [0.1, 0.15) is 17.4 Å². The van der Waals surface area contributed by atoms with Gasteiger partial charge in [-0.3, -0.25) is 0 Å². The topological polar surface area (TPSA) is 60.6 Å². The molecule has 0 saturated carbocycles. The van der Waals surface area contributed by atoms with Crippen molar-refractivity contribution in [3.05, 3.63) is 23.9 Å². The second-order valence-electron chi connectivity index (χ2n) is 3.99. The zero-order chi connectivity index (χ0) is 12.5. The highest BCUT2D eigenvalue weighted by atomic mass is 16.6. The number of ether oxygens (including phenoxy) is 3. The SMILES string of the molecule is CCOC(=O)c1cc2cc3c(cc2[nH]1)OCCO3. The highest BCUT2D eigenvalue weighted by Gasteiger charge is 2.16. The Morgan fingerprint density at radius 1 is 1.28 bits per heavy atom. The molecule has 0 unspecified atom stereocenters. The molecule has 0 fully saturated rings. The Bertz CT molecular complexity index is 559. The van der Waals surface area contributed by atoms with Gasteiger partial charge in [-0.15, -0.1) is 0 Å². The van der Waals surface area contributed by atoms with E-state index >= 15 is 0 Å². The monoisotopic (exact) mass is 247 g/mol. The largest absolute Gasteiger partial charge is 0.486 e. The summed E-state index contributed by atoms with van der Waals surface area (Å²) in [7, 11) is 0. The lowest BCUT2D eigenvalue weighted by atomic mass is 10.2. The van der Waals surface area contributed by atoms with E-state index in [1.54, 1.807) is 13.0 Å². The number of aromatic amines is 1. The minimum absolute atomic E-state index is 0.353. The number of esters is 1. The van der Waals surface area contributed by atoms with Crippen LogP contribution in [0.25, 0.3) is 10.9 Å². The van der Waals surface area contributed by atoms with E-state index in [0.717, 1.165) is 10.9 Å². The Morgan fingerprint density at radius 2 is 2.00 bits per heavy atom. The van der Waals surface area contributed by atoms with Crippen molar-refractivity contribution < 1.29 is 19.0 Å². The van der Waals surface area contributed by atoms with Crippen LogP contribution in [0.3, 0.4) is 0 Å². The van der Waals surface area contributed by atoms with E-state index in [2.05, 4.69) is 4.98 Å². The first-order valence-electron chi connectivity index (χ1n) is 5.87. The lowest BCUT2D eigenvalue weighted by molar-refractivity contribution is 0.0520. The van der Waals surface area contributed by atoms with Crippen LogP contribution >= 0.6 is 0 Å². The number of rotatable bonds is 2. The second kappa shape index (κ2) is 4.25. The maximum absolute atomic E-state index is 11.6. The molecule has 0 radical (unpaired) electrons. The number of H-pyrrole nitrogens is 1. The Hall–Kier alpha value is -2.17. The summed E-state index contributed by atoms with van der Waals surface area (Å²) >= 11 is 0. The van der Waals surface area contributed by atoms with E-state index in [-0.39, 0.29) is 5.97 Å². The first-order valence-corrected chi connectivity index (χ1v) is 5.87. The molecule has 0 atom stereocenters. The normalized spacial score (nSPS) is 13.6. The minimum atomic E-state index is -0.353. The predicted molar refractivity (Wildman–Crippen MR) is 65.2 cm³/mol. The van der Waals surface area contributed by atoms with Gasteiger partial charge in [0.15, 0.2) is 11.5 Å². The summed E-state index contributed by atoms with van der Waals surface area (Å²) in [5, 5.41) is 0.905. The average molecular weight is 247 g/mol. The summed E-state index contributed by atoms with van der Waals surface area (Å²) in [6.07, 6.45) is 0. The van der Waals surface area contributed by atoms with Gasteiger partial charge in [-0.05, 0) is 19.1 Å². The lowest BCUT2D eigenvalue weighted by Gasteiger charge is -2.17. The molecule has 0 bridgehead atoms. The Balaban J connectivity index is 2.04.